The number of nitriles is 1. The van der Waals surface area contributed by atoms with Crippen molar-refractivity contribution in [1.29, 1.82) is 5.26 Å². The Morgan fingerprint density at radius 2 is 2.19 bits per heavy atom. The molecule has 1 aliphatic rings. The summed E-state index contributed by atoms with van der Waals surface area (Å²) in [6, 6.07) is 5.32. The zero-order valence-electron chi connectivity index (χ0n) is 15.9. The summed E-state index contributed by atoms with van der Waals surface area (Å²) >= 11 is 0. The zero-order chi connectivity index (χ0) is 19.6. The van der Waals surface area contributed by atoms with Gasteiger partial charge in [-0.25, -0.2) is 0 Å². The number of hydrogen-bond acceptors (Lipinski definition) is 6. The maximum absolute atomic E-state index is 12.1. The molecule has 1 aromatic rings. The van der Waals surface area contributed by atoms with Crippen LogP contribution < -0.4 is 10.1 Å². The third kappa shape index (κ3) is 6.74. The predicted octanol–water partition coefficient (Wildman–Crippen LogP) is 1.43. The van der Waals surface area contributed by atoms with Gasteiger partial charge < -0.3 is 25.2 Å². The molecule has 0 bridgehead atoms. The van der Waals surface area contributed by atoms with Crippen LogP contribution in [0, 0.1) is 24.3 Å². The topological polar surface area (TPSA) is 106 Å². The Balaban J connectivity index is 1.72. The summed E-state index contributed by atoms with van der Waals surface area (Å²) < 4.78 is 5.80. The van der Waals surface area contributed by atoms with Crippen LogP contribution in [0.25, 0.3) is 0 Å². The number of nitrogens with zero attached hydrogens (tertiary/aromatic N) is 2. The number of likely N-dealkylation sites (tertiary alicyclic amines) is 1. The molecule has 0 aliphatic carbocycles. The molecule has 0 aromatic heterocycles. The molecule has 0 radical (unpaired) electrons. The minimum absolute atomic E-state index is 0.0142. The second-order valence-corrected chi connectivity index (χ2v) is 7.04. The van der Waals surface area contributed by atoms with Gasteiger partial charge in [-0.05, 0) is 62.3 Å². The lowest BCUT2D eigenvalue weighted by Crippen LogP contribution is -2.34. The zero-order valence-corrected chi connectivity index (χ0v) is 15.9. The van der Waals surface area contributed by atoms with Crippen LogP contribution in [0.5, 0.6) is 5.75 Å². The van der Waals surface area contributed by atoms with E-state index in [1.165, 1.54) is 0 Å². The summed E-state index contributed by atoms with van der Waals surface area (Å²) in [6.45, 7) is 3.82. The second-order valence-electron chi connectivity index (χ2n) is 7.04. The van der Waals surface area contributed by atoms with Crippen LogP contribution in [-0.4, -0.2) is 60.0 Å². The third-order valence-electron chi connectivity index (χ3n) is 4.93. The average Bonchev–Trinajstić information content (AvgIpc) is 2.69. The van der Waals surface area contributed by atoms with E-state index >= 15 is 0 Å². The Morgan fingerprint density at radius 3 is 2.81 bits per heavy atom. The fourth-order valence-electron chi connectivity index (χ4n) is 3.23. The molecule has 1 heterocycles. The summed E-state index contributed by atoms with van der Waals surface area (Å²) in [7, 11) is 0. The highest BCUT2D eigenvalue weighted by atomic mass is 16.5. The first-order valence-corrected chi connectivity index (χ1v) is 9.48. The highest BCUT2D eigenvalue weighted by Crippen LogP contribution is 2.22. The molecule has 1 atom stereocenters. The fraction of sp³-hybridized carbons (Fsp3) is 0.600. The van der Waals surface area contributed by atoms with Gasteiger partial charge in [0, 0.05) is 25.2 Å². The molecule has 1 aromatic carbocycles. The maximum atomic E-state index is 12.1. The minimum atomic E-state index is -0.955. The smallest absolute Gasteiger partial charge is 0.251 e. The summed E-state index contributed by atoms with van der Waals surface area (Å²) in [6.07, 6.45) is 5.46. The lowest BCUT2D eigenvalue weighted by Gasteiger charge is -2.27. The highest BCUT2D eigenvalue weighted by molar-refractivity contribution is 5.95. The lowest BCUT2D eigenvalue weighted by molar-refractivity contribution is 0.0801. The van der Waals surface area contributed by atoms with Gasteiger partial charge in [0.05, 0.1) is 19.3 Å². The molecule has 1 saturated heterocycles. The van der Waals surface area contributed by atoms with E-state index in [0.29, 0.717) is 18.1 Å². The van der Waals surface area contributed by atoms with E-state index in [0.717, 1.165) is 50.1 Å². The summed E-state index contributed by atoms with van der Waals surface area (Å²) in [5.74, 6) is 1.12. The number of nitrogens with one attached hydrogen (secondary N) is 1. The van der Waals surface area contributed by atoms with Crippen LogP contribution in [0.2, 0.25) is 0 Å². The number of piperidine rings is 1. The number of aliphatic hydroxyl groups excluding tert-OH is 2. The highest BCUT2D eigenvalue weighted by Gasteiger charge is 2.17. The third-order valence-corrected chi connectivity index (χ3v) is 4.93. The van der Waals surface area contributed by atoms with Crippen molar-refractivity contribution in [3.05, 3.63) is 29.3 Å². The van der Waals surface area contributed by atoms with Crippen LogP contribution in [0.3, 0.4) is 0 Å². The van der Waals surface area contributed by atoms with E-state index in [2.05, 4.69) is 11.5 Å². The molecule has 0 spiro atoms. The molecular formula is C20H29N3O4. The monoisotopic (exact) mass is 375 g/mol. The number of aryl methyl sites for hydroxylation is 1. The van der Waals surface area contributed by atoms with E-state index in [1.54, 1.807) is 12.1 Å². The van der Waals surface area contributed by atoms with Gasteiger partial charge in [-0.3, -0.25) is 4.79 Å². The van der Waals surface area contributed by atoms with Crippen LogP contribution in [0.15, 0.2) is 18.2 Å². The molecule has 1 fully saturated rings. The number of benzene rings is 1. The normalized spacial score (nSPS) is 15.9. The van der Waals surface area contributed by atoms with Gasteiger partial charge in [0.2, 0.25) is 0 Å². The van der Waals surface area contributed by atoms with E-state index in [9.17, 15) is 9.90 Å². The maximum Gasteiger partial charge on any atom is 0.251 e. The lowest BCUT2D eigenvalue weighted by atomic mass is 9.92. The van der Waals surface area contributed by atoms with Crippen molar-refractivity contribution >= 4 is 5.91 Å². The largest absolute Gasteiger partial charge is 0.494 e. The molecule has 7 nitrogen and oxygen atoms in total. The number of ether oxygens (including phenoxy) is 1. The first-order chi connectivity index (χ1) is 13.0. The van der Waals surface area contributed by atoms with Gasteiger partial charge >= 0.3 is 0 Å². The fourth-order valence-corrected chi connectivity index (χ4v) is 3.23. The van der Waals surface area contributed by atoms with Crippen molar-refractivity contribution < 1.29 is 19.7 Å². The van der Waals surface area contributed by atoms with Crippen LogP contribution in [-0.2, 0) is 0 Å². The molecule has 2 rings (SSSR count). The summed E-state index contributed by atoms with van der Waals surface area (Å²) in [5.41, 5.74) is 1.32. The summed E-state index contributed by atoms with van der Waals surface area (Å²) in [4.78, 5) is 13.9. The van der Waals surface area contributed by atoms with Crippen molar-refractivity contribution in [3.8, 4) is 11.9 Å². The Kier molecular flexibility index (Phi) is 8.37. The molecule has 27 heavy (non-hydrogen) atoms. The Hall–Kier alpha value is -2.30. The molecule has 0 unspecified atom stereocenters. The quantitative estimate of drug-likeness (QED) is 0.445. The molecule has 148 valence electrons. The molecule has 1 aliphatic heterocycles. The number of amides is 1. The van der Waals surface area contributed by atoms with Crippen molar-refractivity contribution in [2.24, 2.45) is 5.92 Å². The van der Waals surface area contributed by atoms with Gasteiger partial charge in [0.25, 0.3) is 5.91 Å². The van der Waals surface area contributed by atoms with Crippen LogP contribution in [0.4, 0.5) is 0 Å². The van der Waals surface area contributed by atoms with E-state index in [-0.39, 0.29) is 19.1 Å². The van der Waals surface area contributed by atoms with E-state index in [1.807, 2.05) is 17.9 Å². The number of aliphatic hydroxyl groups is 2. The average molecular weight is 375 g/mol. The number of hydrogen-bond donors (Lipinski definition) is 3. The van der Waals surface area contributed by atoms with E-state index < -0.39 is 6.10 Å². The molecule has 1 amide bonds. The van der Waals surface area contributed by atoms with Gasteiger partial charge in [0.15, 0.2) is 6.19 Å². The Bertz CT molecular complexity index is 651. The van der Waals surface area contributed by atoms with Crippen molar-refractivity contribution in [2.75, 3.05) is 32.8 Å². The first-order valence-electron chi connectivity index (χ1n) is 9.48. The molecular weight excluding hydrogens is 346 g/mol. The Morgan fingerprint density at radius 1 is 1.44 bits per heavy atom. The van der Waals surface area contributed by atoms with Gasteiger partial charge in [-0.2, -0.15) is 5.26 Å². The molecule has 0 saturated carbocycles. The number of carbonyl (C=O) groups excluding carboxylic acids is 1. The number of carbonyl (C=O) groups is 1. The van der Waals surface area contributed by atoms with Crippen LogP contribution in [0.1, 0.15) is 41.6 Å². The van der Waals surface area contributed by atoms with E-state index in [4.69, 9.17) is 15.1 Å². The predicted molar refractivity (Wildman–Crippen MR) is 101 cm³/mol. The summed E-state index contributed by atoms with van der Waals surface area (Å²) in [5, 5.41) is 29.6. The molecule has 3 N–H and O–H groups in total. The van der Waals surface area contributed by atoms with Crippen molar-refractivity contribution in [2.45, 2.75) is 38.7 Å². The standard InChI is InChI=1S/C20H29N3O4/c1-15-11-18(4-5-19(15)20(26)22-12-17(25)13-24)27-10-2-3-16-6-8-23(14-21)9-7-16/h4-5,11,16-17,24-25H,2-3,6-10,12-13H2,1H3,(H,22,26)/t17-/m0/s1. The van der Waals surface area contributed by atoms with Gasteiger partial charge in [-0.1, -0.05) is 0 Å². The SMILES string of the molecule is Cc1cc(OCCCC2CCN(C#N)CC2)ccc1C(=O)NC[C@H](O)CO. The molecule has 7 heteroatoms. The second kappa shape index (κ2) is 10.8. The van der Waals surface area contributed by atoms with Gasteiger partial charge in [0.1, 0.15) is 5.75 Å². The van der Waals surface area contributed by atoms with Gasteiger partial charge in [-0.15, -0.1) is 0 Å². The van der Waals surface area contributed by atoms with Crippen LogP contribution >= 0.6 is 0 Å². The van der Waals surface area contributed by atoms with Crippen molar-refractivity contribution in [3.63, 3.8) is 0 Å². The minimum Gasteiger partial charge on any atom is -0.494 e. The Labute approximate surface area is 160 Å². The first kappa shape index (κ1) is 21.0. The number of rotatable bonds is 9. The van der Waals surface area contributed by atoms with Crippen molar-refractivity contribution in [1.82, 2.24) is 10.2 Å².